The molecule has 0 saturated heterocycles. The molecular formula is C8H7F4N. The number of halogens is 4. The van der Waals surface area contributed by atoms with Crippen molar-refractivity contribution >= 4 is 0 Å². The standard InChI is InChI=1S/C8H7F4N/c9-6-2-1-4(8(11)12)5(3-13)7(6)10/h1-2,8H,3,13H2. The van der Waals surface area contributed by atoms with Crippen molar-refractivity contribution in [1.82, 2.24) is 0 Å². The van der Waals surface area contributed by atoms with E-state index in [9.17, 15) is 17.6 Å². The fourth-order valence-electron chi connectivity index (χ4n) is 1.02. The lowest BCUT2D eigenvalue weighted by Gasteiger charge is -2.07. The maximum absolute atomic E-state index is 12.8. The van der Waals surface area contributed by atoms with E-state index in [1.165, 1.54) is 0 Å². The highest BCUT2D eigenvalue weighted by Crippen LogP contribution is 2.25. The Hall–Kier alpha value is -1.10. The van der Waals surface area contributed by atoms with Crippen LogP contribution in [-0.2, 0) is 6.54 Å². The molecule has 0 unspecified atom stereocenters. The second kappa shape index (κ2) is 3.74. The van der Waals surface area contributed by atoms with E-state index in [2.05, 4.69) is 0 Å². The van der Waals surface area contributed by atoms with E-state index in [0.717, 1.165) is 6.07 Å². The summed E-state index contributed by atoms with van der Waals surface area (Å²) in [4.78, 5) is 0. The molecule has 0 aliphatic rings. The van der Waals surface area contributed by atoms with Gasteiger partial charge in [-0.15, -0.1) is 0 Å². The SMILES string of the molecule is NCc1c(C(F)F)ccc(F)c1F. The second-order valence-electron chi connectivity index (χ2n) is 2.43. The Morgan fingerprint density at radius 3 is 2.31 bits per heavy atom. The molecule has 0 amide bonds. The largest absolute Gasteiger partial charge is 0.326 e. The highest BCUT2D eigenvalue weighted by atomic mass is 19.3. The predicted molar refractivity (Wildman–Crippen MR) is 39.2 cm³/mol. The third-order valence-electron chi connectivity index (χ3n) is 1.67. The molecule has 0 spiro atoms. The van der Waals surface area contributed by atoms with Gasteiger partial charge < -0.3 is 5.73 Å². The molecule has 0 heterocycles. The molecule has 1 aromatic rings. The Bertz CT molecular complexity index is 311. The van der Waals surface area contributed by atoms with Crippen LogP contribution in [0.25, 0.3) is 0 Å². The first-order valence-corrected chi connectivity index (χ1v) is 3.53. The lowest BCUT2D eigenvalue weighted by Crippen LogP contribution is -2.06. The van der Waals surface area contributed by atoms with Gasteiger partial charge in [-0.1, -0.05) is 0 Å². The summed E-state index contributed by atoms with van der Waals surface area (Å²) in [6.07, 6.45) is -2.84. The fourth-order valence-corrected chi connectivity index (χ4v) is 1.02. The van der Waals surface area contributed by atoms with Crippen LogP contribution in [0.4, 0.5) is 17.6 Å². The second-order valence-corrected chi connectivity index (χ2v) is 2.43. The van der Waals surface area contributed by atoms with E-state index >= 15 is 0 Å². The van der Waals surface area contributed by atoms with Crippen molar-refractivity contribution in [2.75, 3.05) is 0 Å². The molecule has 13 heavy (non-hydrogen) atoms. The fraction of sp³-hybridized carbons (Fsp3) is 0.250. The molecule has 1 nitrogen and oxygen atoms in total. The number of rotatable bonds is 2. The smallest absolute Gasteiger partial charge is 0.264 e. The minimum Gasteiger partial charge on any atom is -0.326 e. The normalized spacial score (nSPS) is 10.9. The first-order valence-electron chi connectivity index (χ1n) is 3.53. The van der Waals surface area contributed by atoms with Crippen LogP contribution in [0.2, 0.25) is 0 Å². The van der Waals surface area contributed by atoms with E-state index in [-0.39, 0.29) is 0 Å². The molecule has 1 rings (SSSR count). The average Bonchev–Trinajstić information content (AvgIpc) is 2.09. The highest BCUT2D eigenvalue weighted by molar-refractivity contribution is 5.30. The van der Waals surface area contributed by atoms with Gasteiger partial charge in [0.1, 0.15) is 0 Å². The van der Waals surface area contributed by atoms with Gasteiger partial charge in [0.15, 0.2) is 11.6 Å². The lowest BCUT2D eigenvalue weighted by molar-refractivity contribution is 0.149. The van der Waals surface area contributed by atoms with Gasteiger partial charge >= 0.3 is 0 Å². The molecule has 1 aromatic carbocycles. The van der Waals surface area contributed by atoms with Gasteiger partial charge in [0.05, 0.1) is 0 Å². The number of nitrogens with two attached hydrogens (primary N) is 1. The molecule has 0 atom stereocenters. The van der Waals surface area contributed by atoms with E-state index in [0.29, 0.717) is 6.07 Å². The van der Waals surface area contributed by atoms with Crippen LogP contribution in [0, 0.1) is 11.6 Å². The van der Waals surface area contributed by atoms with Gasteiger partial charge in [-0.2, -0.15) is 0 Å². The molecule has 0 aromatic heterocycles. The average molecular weight is 193 g/mol. The Morgan fingerprint density at radius 1 is 1.23 bits per heavy atom. The third kappa shape index (κ3) is 1.80. The van der Waals surface area contributed by atoms with Crippen LogP contribution in [-0.4, -0.2) is 0 Å². The zero-order valence-electron chi connectivity index (χ0n) is 6.53. The van der Waals surface area contributed by atoms with Gasteiger partial charge in [0, 0.05) is 17.7 Å². The van der Waals surface area contributed by atoms with Crippen LogP contribution < -0.4 is 5.73 Å². The molecule has 72 valence electrons. The Kier molecular flexibility index (Phi) is 2.87. The first-order chi connectivity index (χ1) is 6.07. The van der Waals surface area contributed by atoms with Crippen molar-refractivity contribution in [1.29, 1.82) is 0 Å². The topological polar surface area (TPSA) is 26.0 Å². The van der Waals surface area contributed by atoms with Crippen molar-refractivity contribution < 1.29 is 17.6 Å². The van der Waals surface area contributed by atoms with Crippen molar-refractivity contribution in [3.8, 4) is 0 Å². The first kappa shape index (κ1) is 9.98. The van der Waals surface area contributed by atoms with Gasteiger partial charge in [0.2, 0.25) is 0 Å². The molecule has 0 aliphatic carbocycles. The summed E-state index contributed by atoms with van der Waals surface area (Å²) in [7, 11) is 0. The summed E-state index contributed by atoms with van der Waals surface area (Å²) in [6.45, 7) is -0.441. The van der Waals surface area contributed by atoms with Gasteiger partial charge in [-0.3, -0.25) is 0 Å². The van der Waals surface area contributed by atoms with Crippen molar-refractivity contribution in [3.05, 3.63) is 34.9 Å². The Labute approximate surface area is 72.2 Å². The zero-order valence-corrected chi connectivity index (χ0v) is 6.53. The summed E-state index contributed by atoms with van der Waals surface area (Å²) in [5, 5.41) is 0. The van der Waals surface area contributed by atoms with Crippen LogP contribution in [0.5, 0.6) is 0 Å². The van der Waals surface area contributed by atoms with E-state index < -0.39 is 35.7 Å². The van der Waals surface area contributed by atoms with E-state index in [4.69, 9.17) is 5.73 Å². The van der Waals surface area contributed by atoms with Gasteiger partial charge in [-0.25, -0.2) is 17.6 Å². The van der Waals surface area contributed by atoms with Gasteiger partial charge in [-0.05, 0) is 12.1 Å². The summed E-state index contributed by atoms with van der Waals surface area (Å²) in [6, 6.07) is 1.50. The van der Waals surface area contributed by atoms with Crippen LogP contribution in [0.15, 0.2) is 12.1 Å². The van der Waals surface area contributed by atoms with Crippen LogP contribution in [0.1, 0.15) is 17.6 Å². The number of hydrogen-bond acceptors (Lipinski definition) is 1. The summed E-state index contributed by atoms with van der Waals surface area (Å²) in [5.41, 5.74) is 4.00. The molecule has 2 N–H and O–H groups in total. The molecular weight excluding hydrogens is 186 g/mol. The maximum atomic E-state index is 12.8. The predicted octanol–water partition coefficient (Wildman–Crippen LogP) is 2.36. The number of alkyl halides is 2. The summed E-state index contributed by atoms with van der Waals surface area (Å²) >= 11 is 0. The van der Waals surface area contributed by atoms with E-state index in [1.807, 2.05) is 0 Å². The lowest BCUT2D eigenvalue weighted by atomic mass is 10.1. The summed E-state index contributed by atoms with van der Waals surface area (Å²) < 4.78 is 49.7. The molecule has 0 fully saturated rings. The van der Waals surface area contributed by atoms with Crippen LogP contribution in [0.3, 0.4) is 0 Å². The highest BCUT2D eigenvalue weighted by Gasteiger charge is 2.17. The quantitative estimate of drug-likeness (QED) is 0.717. The summed E-state index contributed by atoms with van der Waals surface area (Å²) in [5.74, 6) is -2.45. The molecule has 0 aliphatic heterocycles. The molecule has 5 heteroatoms. The monoisotopic (exact) mass is 193 g/mol. The van der Waals surface area contributed by atoms with Crippen molar-refractivity contribution in [2.45, 2.75) is 13.0 Å². The molecule has 0 bridgehead atoms. The van der Waals surface area contributed by atoms with Crippen molar-refractivity contribution in [3.63, 3.8) is 0 Å². The number of benzene rings is 1. The maximum Gasteiger partial charge on any atom is 0.264 e. The van der Waals surface area contributed by atoms with Crippen molar-refractivity contribution in [2.24, 2.45) is 5.73 Å². The Balaban J connectivity index is 3.30. The van der Waals surface area contributed by atoms with Crippen LogP contribution >= 0.6 is 0 Å². The molecule has 0 radical (unpaired) electrons. The van der Waals surface area contributed by atoms with Gasteiger partial charge in [0.25, 0.3) is 6.43 Å². The minimum absolute atomic E-state index is 0.441. The third-order valence-corrected chi connectivity index (χ3v) is 1.67. The van der Waals surface area contributed by atoms with E-state index in [1.54, 1.807) is 0 Å². The molecule has 0 saturated carbocycles. The number of hydrogen-bond donors (Lipinski definition) is 1. The minimum atomic E-state index is -2.84. The zero-order chi connectivity index (χ0) is 10.0. The Morgan fingerprint density at radius 2 is 1.85 bits per heavy atom.